The lowest BCUT2D eigenvalue weighted by Crippen LogP contribution is -2.23. The lowest BCUT2D eigenvalue weighted by Gasteiger charge is -2.12. The lowest BCUT2D eigenvalue weighted by molar-refractivity contribution is -0.153. The first-order valence-electron chi connectivity index (χ1n) is 5.90. The summed E-state index contributed by atoms with van der Waals surface area (Å²) in [5, 5.41) is 9.72. The van der Waals surface area contributed by atoms with Crippen LogP contribution < -0.4 is 0 Å². The molecule has 0 aliphatic carbocycles. The Morgan fingerprint density at radius 3 is 2.68 bits per heavy atom. The molecule has 0 saturated carbocycles. The smallest absolute Gasteiger partial charge is 0.338 e. The maximum Gasteiger partial charge on any atom is 0.338 e. The molecule has 1 aliphatic rings. The van der Waals surface area contributed by atoms with Crippen LogP contribution in [-0.2, 0) is 14.2 Å². The number of ether oxygens (including phenoxy) is 3. The van der Waals surface area contributed by atoms with Crippen molar-refractivity contribution in [2.45, 2.75) is 18.5 Å². The van der Waals surface area contributed by atoms with Gasteiger partial charge in [-0.15, -0.1) is 0 Å². The Balaban J connectivity index is 1.90. The van der Waals surface area contributed by atoms with Crippen LogP contribution in [0.5, 0.6) is 0 Å². The molecule has 1 aromatic carbocycles. The van der Waals surface area contributed by atoms with Crippen molar-refractivity contribution in [2.24, 2.45) is 0 Å². The number of hydrogen-bond donors (Lipinski definition) is 1. The predicted octanol–water partition coefficient (Wildman–Crippen LogP) is 1.13. The molecule has 1 aliphatic heterocycles. The van der Waals surface area contributed by atoms with Crippen LogP contribution in [0.4, 0.5) is 0 Å². The predicted molar refractivity (Wildman–Crippen MR) is 67.5 cm³/mol. The molecule has 1 saturated heterocycles. The molecular formula is C14H16O5. The summed E-state index contributed by atoms with van der Waals surface area (Å²) in [6.45, 7) is 3.72. The summed E-state index contributed by atoms with van der Waals surface area (Å²) >= 11 is 0. The van der Waals surface area contributed by atoms with E-state index in [0.29, 0.717) is 11.1 Å². The van der Waals surface area contributed by atoms with Crippen molar-refractivity contribution in [3.8, 4) is 0 Å². The van der Waals surface area contributed by atoms with Crippen molar-refractivity contribution in [2.75, 3.05) is 13.7 Å². The van der Waals surface area contributed by atoms with Gasteiger partial charge in [0.1, 0.15) is 18.8 Å². The number of benzene rings is 1. The van der Waals surface area contributed by atoms with Gasteiger partial charge >= 0.3 is 5.97 Å². The highest BCUT2D eigenvalue weighted by molar-refractivity contribution is 5.89. The Kier molecular flexibility index (Phi) is 4.31. The SMILES string of the molecule is C=C1[C@@H](O)C(OC)O[C@@H]1COC(=O)c1ccccc1. The molecule has 0 spiro atoms. The molecule has 1 heterocycles. The number of aliphatic hydroxyl groups is 1. The normalized spacial score (nSPS) is 26.4. The maximum absolute atomic E-state index is 11.7. The van der Waals surface area contributed by atoms with E-state index in [0.717, 1.165) is 0 Å². The van der Waals surface area contributed by atoms with E-state index in [1.54, 1.807) is 24.3 Å². The van der Waals surface area contributed by atoms with E-state index in [1.807, 2.05) is 6.07 Å². The van der Waals surface area contributed by atoms with Crippen LogP contribution in [0, 0.1) is 0 Å². The van der Waals surface area contributed by atoms with E-state index >= 15 is 0 Å². The molecule has 3 atom stereocenters. The fourth-order valence-corrected chi connectivity index (χ4v) is 1.83. The van der Waals surface area contributed by atoms with E-state index in [4.69, 9.17) is 14.2 Å². The topological polar surface area (TPSA) is 65.0 Å². The third-order valence-corrected chi connectivity index (χ3v) is 2.96. The van der Waals surface area contributed by atoms with Crippen molar-refractivity contribution >= 4 is 5.97 Å². The zero-order chi connectivity index (χ0) is 13.8. The van der Waals surface area contributed by atoms with Gasteiger partial charge in [-0.1, -0.05) is 24.8 Å². The molecule has 0 bridgehead atoms. The average Bonchev–Trinajstić information content (AvgIpc) is 2.73. The van der Waals surface area contributed by atoms with Crippen LogP contribution in [0.15, 0.2) is 42.5 Å². The molecule has 5 nitrogen and oxygen atoms in total. The highest BCUT2D eigenvalue weighted by Crippen LogP contribution is 2.25. The number of methoxy groups -OCH3 is 1. The highest BCUT2D eigenvalue weighted by atomic mass is 16.7. The Morgan fingerprint density at radius 1 is 1.42 bits per heavy atom. The first-order chi connectivity index (χ1) is 9.13. The van der Waals surface area contributed by atoms with Crippen LogP contribution in [0.3, 0.4) is 0 Å². The number of aliphatic hydroxyl groups excluding tert-OH is 1. The van der Waals surface area contributed by atoms with Gasteiger partial charge in [-0.05, 0) is 17.7 Å². The monoisotopic (exact) mass is 264 g/mol. The van der Waals surface area contributed by atoms with Crippen LogP contribution in [0.1, 0.15) is 10.4 Å². The van der Waals surface area contributed by atoms with Gasteiger partial charge in [0.2, 0.25) is 0 Å². The zero-order valence-electron chi connectivity index (χ0n) is 10.6. The Labute approximate surface area is 111 Å². The minimum Gasteiger partial charge on any atom is -0.459 e. The highest BCUT2D eigenvalue weighted by Gasteiger charge is 2.38. The lowest BCUT2D eigenvalue weighted by atomic mass is 10.1. The minimum absolute atomic E-state index is 0.00345. The Bertz CT molecular complexity index is 456. The Hall–Kier alpha value is -1.69. The second-order valence-electron chi connectivity index (χ2n) is 4.21. The molecular weight excluding hydrogens is 248 g/mol. The van der Waals surface area contributed by atoms with E-state index in [1.165, 1.54) is 7.11 Å². The molecule has 102 valence electrons. The molecule has 0 amide bonds. The van der Waals surface area contributed by atoms with E-state index in [9.17, 15) is 9.90 Å². The molecule has 1 unspecified atom stereocenters. The van der Waals surface area contributed by atoms with Crippen molar-refractivity contribution < 1.29 is 24.1 Å². The summed E-state index contributed by atoms with van der Waals surface area (Å²) < 4.78 is 15.4. The van der Waals surface area contributed by atoms with Crippen molar-refractivity contribution in [3.05, 3.63) is 48.0 Å². The van der Waals surface area contributed by atoms with Crippen LogP contribution >= 0.6 is 0 Å². The fourth-order valence-electron chi connectivity index (χ4n) is 1.83. The number of hydrogen-bond acceptors (Lipinski definition) is 5. The van der Waals surface area contributed by atoms with Gasteiger partial charge in [-0.3, -0.25) is 0 Å². The van der Waals surface area contributed by atoms with E-state index in [-0.39, 0.29) is 6.61 Å². The number of carbonyl (C=O) groups excluding carboxylic acids is 1. The minimum atomic E-state index is -0.898. The number of rotatable bonds is 4. The third-order valence-electron chi connectivity index (χ3n) is 2.96. The number of esters is 1. The van der Waals surface area contributed by atoms with Crippen molar-refractivity contribution in [3.63, 3.8) is 0 Å². The second kappa shape index (κ2) is 5.97. The van der Waals surface area contributed by atoms with Crippen LogP contribution in [-0.4, -0.2) is 43.3 Å². The van der Waals surface area contributed by atoms with Gasteiger partial charge < -0.3 is 19.3 Å². The van der Waals surface area contributed by atoms with Crippen molar-refractivity contribution in [1.82, 2.24) is 0 Å². The van der Waals surface area contributed by atoms with Crippen LogP contribution in [0.25, 0.3) is 0 Å². The van der Waals surface area contributed by atoms with Gasteiger partial charge in [0.25, 0.3) is 0 Å². The molecule has 0 aromatic heterocycles. The van der Waals surface area contributed by atoms with Crippen molar-refractivity contribution in [1.29, 1.82) is 0 Å². The Morgan fingerprint density at radius 2 is 2.11 bits per heavy atom. The summed E-state index contributed by atoms with van der Waals surface area (Å²) in [5.74, 6) is -0.438. The fraction of sp³-hybridized carbons (Fsp3) is 0.357. The molecule has 2 rings (SSSR count). The maximum atomic E-state index is 11.7. The second-order valence-corrected chi connectivity index (χ2v) is 4.21. The number of carbonyl (C=O) groups is 1. The van der Waals surface area contributed by atoms with E-state index in [2.05, 4.69) is 6.58 Å². The summed E-state index contributed by atoms with van der Waals surface area (Å²) in [4.78, 5) is 11.7. The first kappa shape index (κ1) is 13.7. The van der Waals surface area contributed by atoms with Gasteiger partial charge in [-0.2, -0.15) is 0 Å². The molecule has 1 fully saturated rings. The standard InChI is InChI=1S/C14H16O5/c1-9-11(19-14(17-2)12(9)15)8-18-13(16)10-6-4-3-5-7-10/h3-7,11-12,14-15H,1,8H2,2H3/t11-,12-,14?/m1/s1. The largest absolute Gasteiger partial charge is 0.459 e. The summed E-state index contributed by atoms with van der Waals surface area (Å²) in [5.41, 5.74) is 0.919. The van der Waals surface area contributed by atoms with Gasteiger partial charge in [0.15, 0.2) is 6.29 Å². The molecule has 1 aromatic rings. The summed E-state index contributed by atoms with van der Waals surface area (Å²) in [6, 6.07) is 8.66. The van der Waals surface area contributed by atoms with E-state index < -0.39 is 24.5 Å². The third kappa shape index (κ3) is 3.01. The molecule has 19 heavy (non-hydrogen) atoms. The first-order valence-corrected chi connectivity index (χ1v) is 5.90. The summed E-state index contributed by atoms with van der Waals surface area (Å²) in [7, 11) is 1.43. The van der Waals surface area contributed by atoms with Gasteiger partial charge in [0.05, 0.1) is 5.56 Å². The summed E-state index contributed by atoms with van der Waals surface area (Å²) in [6.07, 6.45) is -2.20. The van der Waals surface area contributed by atoms with Gasteiger partial charge in [0, 0.05) is 7.11 Å². The molecule has 0 radical (unpaired) electrons. The zero-order valence-corrected chi connectivity index (χ0v) is 10.6. The average molecular weight is 264 g/mol. The van der Waals surface area contributed by atoms with Crippen LogP contribution in [0.2, 0.25) is 0 Å². The molecule has 1 N–H and O–H groups in total. The van der Waals surface area contributed by atoms with Gasteiger partial charge in [-0.25, -0.2) is 4.79 Å². The molecule has 5 heteroatoms. The quantitative estimate of drug-likeness (QED) is 0.652.